The van der Waals surface area contributed by atoms with Crippen molar-refractivity contribution in [2.45, 2.75) is 393 Å². The summed E-state index contributed by atoms with van der Waals surface area (Å²) in [6.45, 7) is 4.75. The van der Waals surface area contributed by atoms with Gasteiger partial charge in [0, 0.05) is 19.3 Å². The molecule has 584 valence electrons. The van der Waals surface area contributed by atoms with Crippen molar-refractivity contribution in [3.05, 3.63) is 60.8 Å². The average molecular weight is 1460 g/mol. The van der Waals surface area contributed by atoms with E-state index < -0.39 is 97.5 Å². The van der Waals surface area contributed by atoms with Crippen molar-refractivity contribution in [3.63, 3.8) is 0 Å². The lowest BCUT2D eigenvalue weighted by Crippen LogP contribution is -2.30. The van der Waals surface area contributed by atoms with E-state index in [4.69, 9.17) is 37.0 Å². The molecule has 19 heteroatoms. The Kier molecular flexibility index (Phi) is 71.6. The number of aliphatic hydroxyl groups is 1. The Morgan fingerprint density at radius 3 is 0.800 bits per heavy atom. The van der Waals surface area contributed by atoms with Gasteiger partial charge in [-0.1, -0.05) is 358 Å². The Morgan fingerprint density at radius 2 is 0.520 bits per heavy atom. The average Bonchev–Trinajstić information content (AvgIpc) is 1.01. The van der Waals surface area contributed by atoms with Crippen molar-refractivity contribution in [3.8, 4) is 0 Å². The normalized spacial score (nSPS) is 14.2. The van der Waals surface area contributed by atoms with E-state index >= 15 is 0 Å². The Bertz CT molecular complexity index is 2130. The van der Waals surface area contributed by atoms with E-state index in [-0.39, 0.29) is 25.7 Å². The number of carbonyl (C=O) groups excluding carboxylic acids is 4. The first kappa shape index (κ1) is 96.8. The second-order valence-electron chi connectivity index (χ2n) is 27.4. The van der Waals surface area contributed by atoms with E-state index in [1.807, 2.05) is 18.2 Å². The number of aliphatic hydroxyl groups excluding tert-OH is 1. The molecule has 100 heavy (non-hydrogen) atoms. The molecule has 0 aliphatic rings. The molecule has 5 unspecified atom stereocenters. The predicted octanol–water partition coefficient (Wildman–Crippen LogP) is 23.5. The van der Waals surface area contributed by atoms with Gasteiger partial charge in [-0.2, -0.15) is 0 Å². The van der Waals surface area contributed by atoms with E-state index in [1.54, 1.807) is 6.08 Å². The zero-order valence-electron chi connectivity index (χ0n) is 63.9. The van der Waals surface area contributed by atoms with Crippen LogP contribution in [0.2, 0.25) is 0 Å². The molecule has 0 amide bonds. The van der Waals surface area contributed by atoms with Crippen LogP contribution in [0.1, 0.15) is 374 Å². The molecule has 0 spiro atoms. The SMILES string of the molecule is CC/C=C\C/C=C\C/C=C\C/C=C\C/C=C\CC(=O)OCC(COP(=O)(O)OCC(O)COP(=O)(O)OCC(COC(=O)CCCCCCCCCCCCCCCCC)OC(=O)CCCCCCCCCCCCCCCCC)OC(=O)CCCCCCCCCCCCCCCCC. The highest BCUT2D eigenvalue weighted by Gasteiger charge is 2.30. The van der Waals surface area contributed by atoms with Crippen LogP contribution < -0.4 is 0 Å². The Labute approximate surface area is 610 Å². The fourth-order valence-electron chi connectivity index (χ4n) is 11.4. The van der Waals surface area contributed by atoms with Gasteiger partial charge in [0.15, 0.2) is 12.2 Å². The van der Waals surface area contributed by atoms with Crippen LogP contribution in [0.4, 0.5) is 0 Å². The highest BCUT2D eigenvalue weighted by molar-refractivity contribution is 7.47. The van der Waals surface area contributed by atoms with E-state index in [9.17, 15) is 43.2 Å². The summed E-state index contributed by atoms with van der Waals surface area (Å²) in [6, 6.07) is 0. The third-order valence-electron chi connectivity index (χ3n) is 17.6. The number of rotatable bonds is 77. The first-order valence-electron chi connectivity index (χ1n) is 40.5. The lowest BCUT2D eigenvalue weighted by molar-refractivity contribution is -0.161. The van der Waals surface area contributed by atoms with Crippen molar-refractivity contribution in [2.24, 2.45) is 0 Å². The first-order chi connectivity index (χ1) is 48.7. The Balaban J connectivity index is 5.36. The van der Waals surface area contributed by atoms with Crippen molar-refractivity contribution in [1.82, 2.24) is 0 Å². The molecule has 0 aliphatic heterocycles. The number of unbranched alkanes of at least 4 members (excludes halogenated alkanes) is 42. The molecule has 0 bridgehead atoms. The molecule has 0 radical (unpaired) electrons. The number of ether oxygens (including phenoxy) is 4. The van der Waals surface area contributed by atoms with Crippen LogP contribution in [0.25, 0.3) is 0 Å². The lowest BCUT2D eigenvalue weighted by atomic mass is 10.0. The summed E-state index contributed by atoms with van der Waals surface area (Å²) in [5.74, 6) is -2.28. The molecular formula is C81H148O17P2. The van der Waals surface area contributed by atoms with Crippen LogP contribution in [0.5, 0.6) is 0 Å². The summed E-state index contributed by atoms with van der Waals surface area (Å²) in [5.41, 5.74) is 0. The number of hydrogen-bond acceptors (Lipinski definition) is 15. The smallest absolute Gasteiger partial charge is 0.462 e. The maximum Gasteiger partial charge on any atom is 0.472 e. The third-order valence-corrected chi connectivity index (χ3v) is 19.5. The number of phosphoric ester groups is 2. The zero-order chi connectivity index (χ0) is 73.2. The van der Waals surface area contributed by atoms with Gasteiger partial charge >= 0.3 is 39.5 Å². The maximum atomic E-state index is 13.1. The van der Waals surface area contributed by atoms with E-state index in [2.05, 4.69) is 64.2 Å². The number of hydrogen-bond donors (Lipinski definition) is 3. The van der Waals surface area contributed by atoms with Crippen molar-refractivity contribution in [1.29, 1.82) is 0 Å². The first-order valence-corrected chi connectivity index (χ1v) is 43.5. The minimum absolute atomic E-state index is 0.0652. The molecule has 5 atom stereocenters. The van der Waals surface area contributed by atoms with Crippen molar-refractivity contribution < 1.29 is 80.2 Å². The summed E-state index contributed by atoms with van der Waals surface area (Å²) in [5, 5.41) is 10.6. The topological polar surface area (TPSA) is 237 Å². The largest absolute Gasteiger partial charge is 0.472 e. The van der Waals surface area contributed by atoms with Gasteiger partial charge in [0.25, 0.3) is 0 Å². The summed E-state index contributed by atoms with van der Waals surface area (Å²) < 4.78 is 68.5. The van der Waals surface area contributed by atoms with Crippen LogP contribution >= 0.6 is 15.6 Å². The van der Waals surface area contributed by atoms with Gasteiger partial charge in [-0.05, 0) is 51.4 Å². The van der Waals surface area contributed by atoms with Gasteiger partial charge in [-0.25, -0.2) is 9.13 Å². The minimum atomic E-state index is -4.99. The molecule has 0 saturated heterocycles. The molecule has 0 aromatic rings. The van der Waals surface area contributed by atoms with Crippen LogP contribution in [0.15, 0.2) is 60.8 Å². The summed E-state index contributed by atoms with van der Waals surface area (Å²) in [4.78, 5) is 72.9. The van der Waals surface area contributed by atoms with Crippen LogP contribution in [0, 0.1) is 0 Å². The standard InChI is InChI=1S/C81H148O17P2/c1-5-9-13-17-21-25-29-33-37-41-45-49-53-57-61-65-78(83)91-71-76(97-80(85)67-63-59-55-51-47-43-39-35-31-27-23-19-15-11-7-3)73-95-99(87,88)93-69-75(82)70-94-100(89,90)96-74-77(98-81(86)68-64-60-56-52-48-44-40-36-32-28-24-20-16-12-8-4)72-92-79(84)66-62-58-54-50-46-42-38-34-30-26-22-18-14-10-6-2/h9,13,21,25,33,37,45,49,57,61,75-77,82H,5-8,10-12,14-20,22-24,26-32,34-36,38-44,46-48,50-56,58-60,62-74H2,1-4H3,(H,87,88)(H,89,90)/b13-9-,25-21-,37-33-,49-45-,61-57-. The monoisotopic (exact) mass is 1460 g/mol. The summed E-state index contributed by atoms with van der Waals surface area (Å²) in [6.07, 6.45) is 73.7. The maximum absolute atomic E-state index is 13.1. The van der Waals surface area contributed by atoms with Gasteiger partial charge in [-0.15, -0.1) is 0 Å². The molecule has 0 heterocycles. The fourth-order valence-corrected chi connectivity index (χ4v) is 13.0. The predicted molar refractivity (Wildman–Crippen MR) is 409 cm³/mol. The number of esters is 4. The van der Waals surface area contributed by atoms with E-state index in [0.29, 0.717) is 25.7 Å². The molecule has 17 nitrogen and oxygen atoms in total. The van der Waals surface area contributed by atoms with Gasteiger partial charge in [0.2, 0.25) is 0 Å². The van der Waals surface area contributed by atoms with Crippen LogP contribution in [-0.4, -0.2) is 96.7 Å². The minimum Gasteiger partial charge on any atom is -0.462 e. The van der Waals surface area contributed by atoms with Gasteiger partial charge in [-0.3, -0.25) is 37.3 Å². The molecule has 3 N–H and O–H groups in total. The van der Waals surface area contributed by atoms with Crippen molar-refractivity contribution >= 4 is 39.5 Å². The number of carbonyl (C=O) groups is 4. The van der Waals surface area contributed by atoms with Crippen LogP contribution in [0.3, 0.4) is 0 Å². The highest BCUT2D eigenvalue weighted by Crippen LogP contribution is 2.45. The quantitative estimate of drug-likeness (QED) is 0.0169. The van der Waals surface area contributed by atoms with Gasteiger partial charge < -0.3 is 33.8 Å². The second-order valence-corrected chi connectivity index (χ2v) is 30.3. The van der Waals surface area contributed by atoms with Crippen LogP contribution in [-0.2, 0) is 65.4 Å². The molecule has 0 aromatic heterocycles. The molecule has 0 aliphatic carbocycles. The lowest BCUT2D eigenvalue weighted by Gasteiger charge is -2.21. The molecule has 0 rings (SSSR count). The molecule has 0 fully saturated rings. The van der Waals surface area contributed by atoms with E-state index in [0.717, 1.165) is 96.3 Å². The van der Waals surface area contributed by atoms with Gasteiger partial charge in [0.1, 0.15) is 19.3 Å². The molecule has 0 saturated carbocycles. The fraction of sp³-hybridized carbons (Fsp3) is 0.827. The molecular weight excluding hydrogens is 1310 g/mol. The molecule has 0 aromatic carbocycles. The van der Waals surface area contributed by atoms with Crippen molar-refractivity contribution in [2.75, 3.05) is 39.6 Å². The Morgan fingerprint density at radius 1 is 0.290 bits per heavy atom. The third kappa shape index (κ3) is 73.1. The Hall–Kier alpha value is -3.24. The summed E-state index contributed by atoms with van der Waals surface area (Å²) >= 11 is 0. The zero-order valence-corrected chi connectivity index (χ0v) is 65.7. The van der Waals surface area contributed by atoms with E-state index in [1.165, 1.54) is 199 Å². The highest BCUT2D eigenvalue weighted by atomic mass is 31.2. The second kappa shape index (κ2) is 74.0. The summed E-state index contributed by atoms with van der Waals surface area (Å²) in [7, 11) is -9.96. The number of allylic oxidation sites excluding steroid dienone is 9. The number of phosphoric acid groups is 2. The van der Waals surface area contributed by atoms with Gasteiger partial charge in [0.05, 0.1) is 32.8 Å².